The Labute approximate surface area is 287 Å². The Hall–Kier alpha value is -2.80. The van der Waals surface area contributed by atoms with Crippen LogP contribution in [0, 0.1) is 18.8 Å². The molecule has 1 aliphatic heterocycles. The van der Waals surface area contributed by atoms with Gasteiger partial charge in [-0.3, -0.25) is 4.79 Å². The summed E-state index contributed by atoms with van der Waals surface area (Å²) in [6, 6.07) is 4.90. The Kier molecular flexibility index (Phi) is 11.5. The molecule has 5 nitrogen and oxygen atoms in total. The van der Waals surface area contributed by atoms with Gasteiger partial charge in [0, 0.05) is 23.0 Å². The van der Waals surface area contributed by atoms with Crippen molar-refractivity contribution in [3.8, 4) is 0 Å². The van der Waals surface area contributed by atoms with Crippen LogP contribution in [-0.2, 0) is 31.5 Å². The van der Waals surface area contributed by atoms with E-state index in [1.807, 2.05) is 0 Å². The number of benzene rings is 2. The number of aryl methyl sites for hydroxylation is 2. The number of amides is 1. The third-order valence-corrected chi connectivity index (χ3v) is 13.1. The van der Waals surface area contributed by atoms with E-state index >= 15 is 4.39 Å². The number of alkyl halides is 7. The molecule has 1 saturated heterocycles. The second kappa shape index (κ2) is 14.4. The molecule has 0 bridgehead atoms. The minimum atomic E-state index is -6.31. The van der Waals surface area contributed by atoms with E-state index in [2.05, 4.69) is 13.8 Å². The number of fused-ring (bicyclic) bond motifs is 3. The van der Waals surface area contributed by atoms with Crippen LogP contribution in [0.5, 0.6) is 0 Å². The summed E-state index contributed by atoms with van der Waals surface area (Å²) >= 11 is 6.26. The topological polar surface area (TPSA) is 74.7 Å². The lowest BCUT2D eigenvalue weighted by Crippen LogP contribution is -2.53. The van der Waals surface area contributed by atoms with Crippen LogP contribution in [-0.4, -0.2) is 49.3 Å². The van der Waals surface area contributed by atoms with E-state index in [4.69, 9.17) is 16.7 Å². The molecule has 2 fully saturated rings. The second-order valence-electron chi connectivity index (χ2n) is 13.3. The zero-order chi connectivity index (χ0) is 36.6. The van der Waals surface area contributed by atoms with Crippen molar-refractivity contribution >= 4 is 27.3 Å². The molecule has 5 rings (SSSR count). The fourth-order valence-corrected chi connectivity index (χ4v) is 10.1. The van der Waals surface area contributed by atoms with Crippen LogP contribution in [0.1, 0.15) is 87.5 Å². The first-order chi connectivity index (χ1) is 22.8. The van der Waals surface area contributed by atoms with Gasteiger partial charge < -0.3 is 10.0 Å². The number of aliphatic hydroxyl groups is 1. The highest BCUT2D eigenvalue weighted by molar-refractivity contribution is 7.92. The third kappa shape index (κ3) is 6.95. The first-order valence-electron chi connectivity index (χ1n) is 16.3. The Morgan fingerprint density at radius 2 is 1.63 bits per heavy atom. The molecule has 14 heteroatoms. The van der Waals surface area contributed by atoms with E-state index in [9.17, 15) is 39.6 Å². The maximum atomic E-state index is 15.0. The molecule has 2 aromatic carbocycles. The van der Waals surface area contributed by atoms with Crippen LogP contribution in [0.2, 0.25) is 5.02 Å². The summed E-state index contributed by atoms with van der Waals surface area (Å²) in [4.78, 5) is 15.1. The number of unbranched alkanes of at least 4 members (excludes halogenated alkanes) is 1. The number of carbonyl (C=O) groups is 1. The van der Waals surface area contributed by atoms with Gasteiger partial charge in [-0.1, -0.05) is 62.2 Å². The second-order valence-corrected chi connectivity index (χ2v) is 15.9. The summed E-state index contributed by atoms with van der Waals surface area (Å²) in [5.74, 6) is -0.0499. The van der Waals surface area contributed by atoms with Crippen molar-refractivity contribution < 1.29 is 49.1 Å². The van der Waals surface area contributed by atoms with E-state index in [1.165, 1.54) is 23.1 Å². The Balaban J connectivity index is 0.000000827. The summed E-state index contributed by atoms with van der Waals surface area (Å²) in [6.07, 6.45) is -5.06. The largest absolute Gasteiger partial charge is 0.516 e. The van der Waals surface area contributed by atoms with Crippen LogP contribution in [0.3, 0.4) is 0 Å². The quantitative estimate of drug-likeness (QED) is 0.237. The molecule has 0 aromatic heterocycles. The molecule has 3 aliphatic rings. The summed E-state index contributed by atoms with van der Waals surface area (Å²) in [7, 11) is -4.44. The number of aliphatic hydroxyl groups excluding tert-OH is 1. The van der Waals surface area contributed by atoms with E-state index in [1.54, 1.807) is 13.0 Å². The number of rotatable bonds is 6. The molecule has 0 radical (unpaired) electrons. The van der Waals surface area contributed by atoms with Crippen molar-refractivity contribution in [2.45, 2.75) is 112 Å². The van der Waals surface area contributed by atoms with Crippen LogP contribution < -0.4 is 0 Å². The van der Waals surface area contributed by atoms with Gasteiger partial charge in [0.2, 0.25) is 5.91 Å². The highest BCUT2D eigenvalue weighted by atomic mass is 35.5. The maximum absolute atomic E-state index is 15.0. The van der Waals surface area contributed by atoms with Gasteiger partial charge >= 0.3 is 18.0 Å². The molecule has 2 atom stereocenters. The highest BCUT2D eigenvalue weighted by Crippen LogP contribution is 2.57. The first kappa shape index (κ1) is 39.0. The smallest absolute Gasteiger partial charge is 0.435 e. The van der Waals surface area contributed by atoms with Crippen molar-refractivity contribution in [1.82, 2.24) is 4.90 Å². The van der Waals surface area contributed by atoms with Crippen LogP contribution >= 0.6 is 11.6 Å². The fourth-order valence-electron chi connectivity index (χ4n) is 7.43. The highest BCUT2D eigenvalue weighted by Gasteiger charge is 2.74. The molecule has 1 heterocycles. The lowest BCUT2D eigenvalue weighted by Gasteiger charge is -2.44. The minimum Gasteiger partial charge on any atom is -0.516 e. The van der Waals surface area contributed by atoms with Crippen molar-refractivity contribution in [3.63, 3.8) is 0 Å². The number of sulfone groups is 1. The lowest BCUT2D eigenvalue weighted by atomic mass is 9.76. The van der Waals surface area contributed by atoms with E-state index in [-0.39, 0.29) is 58.7 Å². The van der Waals surface area contributed by atoms with Gasteiger partial charge in [0.05, 0.1) is 17.2 Å². The van der Waals surface area contributed by atoms with Crippen LogP contribution in [0.25, 0.3) is 0 Å². The number of likely N-dealkylation sites (tertiary alicyclic amines) is 1. The van der Waals surface area contributed by atoms with Crippen molar-refractivity contribution in [2.75, 3.05) is 6.54 Å². The standard InChI is InChI=1S/C30H31ClF7NO3S.C5H10O/c1-17-3-6-19(7-4-17)26(40)39-14-13-27(43(41,42)22-10-5-18(2)24(31)16-22)23-11-9-21(15-20(23)8-12-25(27)39)28(32,29(33,34)35)30(36,37)38;1-2-3-4-5-6/h5,9-11,15-17,19,25H,3-4,6-8,12-14H2,1-2H3;4-6H,2-3H2,1H3/b;5-4+. The minimum absolute atomic E-state index is 0.0246. The molecular weight excluding hydrogens is 699 g/mol. The van der Waals surface area contributed by atoms with Gasteiger partial charge in [0.1, 0.15) is 4.75 Å². The van der Waals surface area contributed by atoms with Gasteiger partial charge in [-0.25, -0.2) is 12.8 Å². The summed E-state index contributed by atoms with van der Waals surface area (Å²) in [6.45, 7) is 5.87. The van der Waals surface area contributed by atoms with Crippen molar-refractivity contribution in [3.05, 3.63) is 76.0 Å². The number of allylic oxidation sites excluding steroid dienone is 1. The molecule has 1 N–H and O–H groups in total. The predicted octanol–water partition coefficient (Wildman–Crippen LogP) is 9.84. The van der Waals surface area contributed by atoms with E-state index < -0.39 is 44.2 Å². The zero-order valence-corrected chi connectivity index (χ0v) is 29.0. The molecule has 2 aromatic rings. The van der Waals surface area contributed by atoms with Crippen LogP contribution in [0.4, 0.5) is 30.7 Å². The fraction of sp³-hybridized carbons (Fsp3) is 0.571. The molecular formula is C35H41ClF7NO4S. The molecule has 1 amide bonds. The van der Waals surface area contributed by atoms with E-state index in [0.717, 1.165) is 38.0 Å². The van der Waals surface area contributed by atoms with Gasteiger partial charge in [-0.2, -0.15) is 26.3 Å². The average Bonchev–Trinajstić information content (AvgIpc) is 3.45. The molecule has 2 aliphatic carbocycles. The summed E-state index contributed by atoms with van der Waals surface area (Å²) < 4.78 is 124. The van der Waals surface area contributed by atoms with Gasteiger partial charge in [-0.05, 0) is 93.0 Å². The predicted molar refractivity (Wildman–Crippen MR) is 173 cm³/mol. The van der Waals surface area contributed by atoms with Gasteiger partial charge in [-0.15, -0.1) is 0 Å². The van der Waals surface area contributed by atoms with Crippen LogP contribution in [0.15, 0.2) is 53.6 Å². The molecule has 49 heavy (non-hydrogen) atoms. The molecule has 2 unspecified atom stereocenters. The zero-order valence-electron chi connectivity index (χ0n) is 27.5. The molecule has 272 valence electrons. The Bertz CT molecular complexity index is 1640. The number of halogens is 8. The average molecular weight is 740 g/mol. The molecule has 1 saturated carbocycles. The van der Waals surface area contributed by atoms with Gasteiger partial charge in [0.15, 0.2) is 9.84 Å². The van der Waals surface area contributed by atoms with Crippen molar-refractivity contribution in [1.29, 1.82) is 0 Å². The molecule has 0 spiro atoms. The number of nitrogens with zero attached hydrogens (tertiary/aromatic N) is 1. The number of carbonyl (C=O) groups excluding carboxylic acids is 1. The Morgan fingerprint density at radius 3 is 2.16 bits per heavy atom. The first-order valence-corrected chi connectivity index (χ1v) is 18.2. The SMILES string of the molecule is CCC/C=C/O.Cc1ccc(S(=O)(=O)C23CCN(C(=O)C4CCC(C)CC4)C2CCc2cc(C(F)(C(F)(F)F)C(F)(F)F)ccc23)cc1Cl. The normalized spacial score (nSPS) is 24.6. The lowest BCUT2D eigenvalue weighted by molar-refractivity contribution is -0.348. The summed E-state index contributed by atoms with van der Waals surface area (Å²) in [5.41, 5.74) is -6.89. The Morgan fingerprint density at radius 1 is 1.00 bits per heavy atom. The maximum Gasteiger partial charge on any atom is 0.435 e. The summed E-state index contributed by atoms with van der Waals surface area (Å²) in [5, 5.41) is 8.17. The van der Waals surface area contributed by atoms with Crippen molar-refractivity contribution in [2.24, 2.45) is 11.8 Å². The number of hydrogen-bond acceptors (Lipinski definition) is 4. The monoisotopic (exact) mass is 739 g/mol. The number of hydrogen-bond donors (Lipinski definition) is 1. The van der Waals surface area contributed by atoms with E-state index in [0.29, 0.717) is 36.5 Å². The third-order valence-electron chi connectivity index (χ3n) is 10.2. The van der Waals surface area contributed by atoms with Gasteiger partial charge in [0.25, 0.3) is 0 Å².